The summed E-state index contributed by atoms with van der Waals surface area (Å²) in [6.07, 6.45) is 5.66. The van der Waals surface area contributed by atoms with Crippen LogP contribution in [0.3, 0.4) is 0 Å². The van der Waals surface area contributed by atoms with E-state index in [1.54, 1.807) is 0 Å². The molecule has 1 unspecified atom stereocenters. The first-order valence-corrected chi connectivity index (χ1v) is 7.21. The fraction of sp³-hybridized carbons (Fsp3) is 1.00. The minimum absolute atomic E-state index is 0.417. The Kier molecular flexibility index (Phi) is 2.75. The molecule has 2 fully saturated rings. The molecule has 17 heavy (non-hydrogen) atoms. The number of hydrogen-bond donors (Lipinski definition) is 0. The molecule has 0 aromatic rings. The van der Waals surface area contributed by atoms with Crippen LogP contribution in [0.25, 0.3) is 0 Å². The fourth-order valence-electron chi connectivity index (χ4n) is 4.05. The second-order valence-electron chi connectivity index (χ2n) is 9.02. The Bertz CT molecular complexity index is 296. The lowest BCUT2D eigenvalue weighted by Gasteiger charge is -2.46. The van der Waals surface area contributed by atoms with Crippen molar-refractivity contribution in [1.82, 2.24) is 4.90 Å². The summed E-state index contributed by atoms with van der Waals surface area (Å²) in [4.78, 5) is 2.67. The summed E-state index contributed by atoms with van der Waals surface area (Å²) in [5.74, 6) is 0. The molecule has 2 rings (SSSR count). The van der Waals surface area contributed by atoms with E-state index in [1.807, 2.05) is 0 Å². The molecule has 2 aliphatic rings. The molecule has 1 saturated carbocycles. The van der Waals surface area contributed by atoms with Gasteiger partial charge in [0.25, 0.3) is 0 Å². The van der Waals surface area contributed by atoms with Crippen molar-refractivity contribution >= 4 is 0 Å². The van der Waals surface area contributed by atoms with Gasteiger partial charge in [0.05, 0.1) is 0 Å². The summed E-state index contributed by atoms with van der Waals surface area (Å²) in [7, 11) is 2.35. The topological polar surface area (TPSA) is 3.24 Å². The predicted molar refractivity (Wildman–Crippen MR) is 75.2 cm³/mol. The SMILES string of the molecule is CN1CC(CC(C)(C)C)(C(C)(C)C)CC12CC2. The highest BCUT2D eigenvalue weighted by Gasteiger charge is 2.61. The Labute approximate surface area is 108 Å². The van der Waals surface area contributed by atoms with Gasteiger partial charge in [-0.05, 0) is 49.0 Å². The quantitative estimate of drug-likeness (QED) is 0.656. The molecule has 1 heteroatoms. The van der Waals surface area contributed by atoms with Crippen molar-refractivity contribution in [2.75, 3.05) is 13.6 Å². The zero-order chi connectivity index (χ0) is 13.1. The van der Waals surface area contributed by atoms with Crippen molar-refractivity contribution in [2.45, 2.75) is 72.8 Å². The Balaban J connectivity index is 2.27. The summed E-state index contributed by atoms with van der Waals surface area (Å²) in [5, 5.41) is 0. The van der Waals surface area contributed by atoms with Crippen LogP contribution in [0.4, 0.5) is 0 Å². The molecule has 1 spiro atoms. The Morgan fingerprint density at radius 1 is 1.00 bits per heavy atom. The summed E-state index contributed by atoms with van der Waals surface area (Å²) in [6.45, 7) is 15.9. The third kappa shape index (κ3) is 2.28. The first kappa shape index (κ1) is 13.4. The zero-order valence-corrected chi connectivity index (χ0v) is 13.0. The van der Waals surface area contributed by atoms with Gasteiger partial charge in [-0.3, -0.25) is 0 Å². The molecule has 0 radical (unpaired) electrons. The van der Waals surface area contributed by atoms with E-state index in [9.17, 15) is 0 Å². The van der Waals surface area contributed by atoms with Crippen molar-refractivity contribution < 1.29 is 0 Å². The van der Waals surface area contributed by atoms with E-state index in [-0.39, 0.29) is 0 Å². The maximum Gasteiger partial charge on any atom is 0.0214 e. The molecule has 0 N–H and O–H groups in total. The van der Waals surface area contributed by atoms with E-state index in [2.05, 4.69) is 53.5 Å². The largest absolute Gasteiger partial charge is 0.300 e. The Morgan fingerprint density at radius 3 is 1.82 bits per heavy atom. The van der Waals surface area contributed by atoms with Crippen molar-refractivity contribution in [3.63, 3.8) is 0 Å². The van der Waals surface area contributed by atoms with Crippen LogP contribution in [0.2, 0.25) is 0 Å². The Morgan fingerprint density at radius 2 is 1.53 bits per heavy atom. The molecular weight excluding hydrogens is 206 g/mol. The summed E-state index contributed by atoms with van der Waals surface area (Å²) in [6, 6.07) is 0. The van der Waals surface area contributed by atoms with E-state index in [1.165, 1.54) is 32.2 Å². The summed E-state index contributed by atoms with van der Waals surface area (Å²) >= 11 is 0. The van der Waals surface area contributed by atoms with Crippen LogP contribution in [0.15, 0.2) is 0 Å². The molecule has 100 valence electrons. The summed E-state index contributed by atoms with van der Waals surface area (Å²) in [5.41, 5.74) is 1.96. The van der Waals surface area contributed by atoms with Gasteiger partial charge >= 0.3 is 0 Å². The van der Waals surface area contributed by atoms with Crippen molar-refractivity contribution in [3.8, 4) is 0 Å². The molecule has 1 saturated heterocycles. The highest BCUT2D eigenvalue weighted by atomic mass is 15.2. The third-order valence-corrected chi connectivity index (χ3v) is 5.30. The third-order valence-electron chi connectivity index (χ3n) is 5.30. The Hall–Kier alpha value is -0.0400. The molecule has 0 bridgehead atoms. The molecular formula is C16H31N. The van der Waals surface area contributed by atoms with Crippen LogP contribution in [0.5, 0.6) is 0 Å². The van der Waals surface area contributed by atoms with E-state index in [4.69, 9.17) is 0 Å². The van der Waals surface area contributed by atoms with Crippen LogP contribution in [-0.2, 0) is 0 Å². The van der Waals surface area contributed by atoms with Gasteiger partial charge in [-0.15, -0.1) is 0 Å². The van der Waals surface area contributed by atoms with Gasteiger partial charge in [-0.2, -0.15) is 0 Å². The maximum atomic E-state index is 2.67. The number of rotatable bonds is 1. The first-order valence-electron chi connectivity index (χ1n) is 7.21. The predicted octanol–water partition coefficient (Wildman–Crippen LogP) is 4.32. The van der Waals surface area contributed by atoms with Crippen LogP contribution >= 0.6 is 0 Å². The van der Waals surface area contributed by atoms with Crippen molar-refractivity contribution in [2.24, 2.45) is 16.2 Å². The standard InChI is InChI=1S/C16H31N/c1-13(2,3)10-15(14(4,5)6)11-16(8-9-16)17(7)12-15/h8-12H2,1-7H3. The number of nitrogens with zero attached hydrogens (tertiary/aromatic N) is 1. The lowest BCUT2D eigenvalue weighted by atomic mass is 9.59. The van der Waals surface area contributed by atoms with Gasteiger partial charge in [-0.1, -0.05) is 41.5 Å². The molecule has 0 aromatic carbocycles. The normalized spacial score (nSPS) is 33.4. The lowest BCUT2D eigenvalue weighted by Crippen LogP contribution is -2.41. The van der Waals surface area contributed by atoms with Gasteiger partial charge < -0.3 is 4.90 Å². The van der Waals surface area contributed by atoms with Crippen molar-refractivity contribution in [3.05, 3.63) is 0 Å². The van der Waals surface area contributed by atoms with Crippen LogP contribution in [-0.4, -0.2) is 24.0 Å². The zero-order valence-electron chi connectivity index (χ0n) is 13.0. The highest BCUT2D eigenvalue weighted by molar-refractivity contribution is 5.16. The first-order chi connectivity index (χ1) is 7.50. The van der Waals surface area contributed by atoms with Gasteiger partial charge in [0, 0.05) is 12.1 Å². The van der Waals surface area contributed by atoms with Gasteiger partial charge in [0.1, 0.15) is 0 Å². The minimum atomic E-state index is 0.417. The van der Waals surface area contributed by atoms with Crippen LogP contribution in [0.1, 0.15) is 67.2 Å². The second kappa shape index (κ2) is 3.50. The van der Waals surface area contributed by atoms with E-state index in [0.29, 0.717) is 21.8 Å². The number of likely N-dealkylation sites (tertiary alicyclic amines) is 1. The lowest BCUT2D eigenvalue weighted by molar-refractivity contribution is 0.0457. The molecule has 0 amide bonds. The van der Waals surface area contributed by atoms with E-state index in [0.717, 1.165) is 0 Å². The van der Waals surface area contributed by atoms with Crippen LogP contribution in [0, 0.1) is 16.2 Å². The molecule has 0 aromatic heterocycles. The molecule has 1 aliphatic carbocycles. The van der Waals surface area contributed by atoms with Gasteiger partial charge in [0.2, 0.25) is 0 Å². The van der Waals surface area contributed by atoms with Crippen molar-refractivity contribution in [1.29, 1.82) is 0 Å². The second-order valence-corrected chi connectivity index (χ2v) is 9.02. The minimum Gasteiger partial charge on any atom is -0.300 e. The van der Waals surface area contributed by atoms with Crippen LogP contribution < -0.4 is 0 Å². The monoisotopic (exact) mass is 237 g/mol. The molecule has 1 nitrogen and oxygen atoms in total. The molecule has 1 aliphatic heterocycles. The molecule has 1 heterocycles. The average Bonchev–Trinajstić information content (AvgIpc) is 2.73. The fourth-order valence-corrected chi connectivity index (χ4v) is 4.05. The van der Waals surface area contributed by atoms with Gasteiger partial charge in [0.15, 0.2) is 0 Å². The number of hydrogen-bond acceptors (Lipinski definition) is 1. The summed E-state index contributed by atoms with van der Waals surface area (Å²) < 4.78 is 0. The smallest absolute Gasteiger partial charge is 0.0214 e. The highest BCUT2D eigenvalue weighted by Crippen LogP contribution is 2.63. The molecule has 1 atom stereocenters. The van der Waals surface area contributed by atoms with E-state index >= 15 is 0 Å². The maximum absolute atomic E-state index is 2.67. The van der Waals surface area contributed by atoms with E-state index < -0.39 is 0 Å². The van der Waals surface area contributed by atoms with Gasteiger partial charge in [-0.25, -0.2) is 0 Å². The average molecular weight is 237 g/mol.